The lowest BCUT2D eigenvalue weighted by Gasteiger charge is -2.31. The van der Waals surface area contributed by atoms with Crippen molar-refractivity contribution in [2.75, 3.05) is 31.5 Å². The second kappa shape index (κ2) is 9.88. The highest BCUT2D eigenvalue weighted by molar-refractivity contribution is 6.03. The minimum absolute atomic E-state index is 0.0718. The molecule has 3 rings (SSSR count). The molecule has 8 nitrogen and oxygen atoms in total. The van der Waals surface area contributed by atoms with Crippen LogP contribution >= 0.6 is 0 Å². The summed E-state index contributed by atoms with van der Waals surface area (Å²) in [5.41, 5.74) is 6.39. The maximum absolute atomic E-state index is 12.4. The lowest BCUT2D eigenvalue weighted by atomic mass is 9.97. The molecular formula is C21H26N4O4. The number of hydrogen-bond donors (Lipinski definition) is 3. The molecule has 1 aliphatic rings. The smallest absolute Gasteiger partial charge is 0.291 e. The predicted octanol–water partition coefficient (Wildman–Crippen LogP) is 1.85. The molecule has 0 radical (unpaired) electrons. The maximum atomic E-state index is 12.4. The highest BCUT2D eigenvalue weighted by Crippen LogP contribution is 2.16. The van der Waals surface area contributed by atoms with Crippen molar-refractivity contribution in [3.05, 3.63) is 54.0 Å². The minimum atomic E-state index is -0.372. The van der Waals surface area contributed by atoms with E-state index >= 15 is 0 Å². The van der Waals surface area contributed by atoms with Crippen LogP contribution in [0, 0.1) is 5.92 Å². The van der Waals surface area contributed by atoms with Gasteiger partial charge in [0.25, 0.3) is 11.8 Å². The van der Waals surface area contributed by atoms with E-state index in [0.29, 0.717) is 24.3 Å². The summed E-state index contributed by atoms with van der Waals surface area (Å²) in [6.07, 6.45) is 4.04. The van der Waals surface area contributed by atoms with Crippen LogP contribution in [-0.4, -0.2) is 48.8 Å². The number of hydrogen-bond acceptors (Lipinski definition) is 5. The number of likely N-dealkylation sites (tertiary alicyclic amines) is 1. The van der Waals surface area contributed by atoms with Gasteiger partial charge in [0.05, 0.1) is 12.2 Å². The molecule has 2 aromatic rings. The molecule has 0 bridgehead atoms. The Labute approximate surface area is 169 Å². The van der Waals surface area contributed by atoms with Crippen LogP contribution in [-0.2, 0) is 4.79 Å². The molecule has 8 heteroatoms. The molecule has 0 aliphatic carbocycles. The summed E-state index contributed by atoms with van der Waals surface area (Å²) in [5.74, 6) is -0.674. The van der Waals surface area contributed by atoms with Gasteiger partial charge in [-0.1, -0.05) is 6.07 Å². The molecule has 1 aromatic heterocycles. The van der Waals surface area contributed by atoms with Gasteiger partial charge in [-0.25, -0.2) is 0 Å². The number of nitrogens with two attached hydrogens (primary N) is 1. The van der Waals surface area contributed by atoms with Crippen molar-refractivity contribution in [3.8, 4) is 0 Å². The zero-order valence-corrected chi connectivity index (χ0v) is 16.2. The molecule has 1 aliphatic heterocycles. The van der Waals surface area contributed by atoms with Crippen LogP contribution in [0.2, 0.25) is 0 Å². The molecule has 29 heavy (non-hydrogen) atoms. The number of rotatable bonds is 8. The Morgan fingerprint density at radius 3 is 2.79 bits per heavy atom. The van der Waals surface area contributed by atoms with Crippen molar-refractivity contribution >= 4 is 23.4 Å². The van der Waals surface area contributed by atoms with Crippen molar-refractivity contribution in [2.45, 2.75) is 19.3 Å². The first kappa shape index (κ1) is 20.6. The third-order valence-electron chi connectivity index (χ3n) is 4.97. The van der Waals surface area contributed by atoms with Crippen molar-refractivity contribution in [1.29, 1.82) is 0 Å². The molecule has 154 valence electrons. The highest BCUT2D eigenvalue weighted by Gasteiger charge is 2.23. The predicted molar refractivity (Wildman–Crippen MR) is 108 cm³/mol. The number of carbonyl (C=O) groups excluding carboxylic acids is 3. The summed E-state index contributed by atoms with van der Waals surface area (Å²) in [7, 11) is 0. The maximum Gasteiger partial charge on any atom is 0.291 e. The lowest BCUT2D eigenvalue weighted by molar-refractivity contribution is -0.123. The van der Waals surface area contributed by atoms with Gasteiger partial charge >= 0.3 is 0 Å². The number of amides is 3. The molecule has 1 aromatic carbocycles. The van der Waals surface area contributed by atoms with E-state index in [4.69, 9.17) is 10.2 Å². The van der Waals surface area contributed by atoms with Gasteiger partial charge in [-0.3, -0.25) is 14.4 Å². The van der Waals surface area contributed by atoms with E-state index in [2.05, 4.69) is 15.5 Å². The lowest BCUT2D eigenvalue weighted by Crippen LogP contribution is -2.42. The number of nitrogens with one attached hydrogen (secondary N) is 2. The summed E-state index contributed by atoms with van der Waals surface area (Å²) in [5, 5.41) is 5.60. The van der Waals surface area contributed by atoms with Gasteiger partial charge in [0.2, 0.25) is 5.91 Å². The van der Waals surface area contributed by atoms with E-state index in [0.717, 1.165) is 32.4 Å². The van der Waals surface area contributed by atoms with Crippen molar-refractivity contribution in [3.63, 3.8) is 0 Å². The zero-order valence-electron chi connectivity index (χ0n) is 16.2. The Kier molecular flexibility index (Phi) is 7.02. The SMILES string of the molecule is NC(=O)C1CCCN(CCCNC(=O)c2cccc(NC(=O)c3ccco3)c2)C1. The Balaban J connectivity index is 1.43. The number of furan rings is 1. The minimum Gasteiger partial charge on any atom is -0.459 e. The highest BCUT2D eigenvalue weighted by atomic mass is 16.3. The van der Waals surface area contributed by atoms with E-state index < -0.39 is 0 Å². The summed E-state index contributed by atoms with van der Waals surface area (Å²) in [6, 6.07) is 9.95. The second-order valence-corrected chi connectivity index (χ2v) is 7.16. The van der Waals surface area contributed by atoms with Crippen LogP contribution in [0.3, 0.4) is 0 Å². The van der Waals surface area contributed by atoms with Crippen molar-refractivity contribution in [2.24, 2.45) is 11.7 Å². The first-order chi connectivity index (χ1) is 14.0. The van der Waals surface area contributed by atoms with Gasteiger partial charge in [-0.15, -0.1) is 0 Å². The number of carbonyl (C=O) groups is 3. The van der Waals surface area contributed by atoms with Crippen LogP contribution in [0.5, 0.6) is 0 Å². The third-order valence-corrected chi connectivity index (χ3v) is 4.97. The molecule has 0 spiro atoms. The Bertz CT molecular complexity index is 850. The summed E-state index contributed by atoms with van der Waals surface area (Å²) in [4.78, 5) is 38.0. The van der Waals surface area contributed by atoms with E-state index in [9.17, 15) is 14.4 Å². The monoisotopic (exact) mass is 398 g/mol. The van der Waals surface area contributed by atoms with Crippen molar-refractivity contribution in [1.82, 2.24) is 10.2 Å². The number of benzene rings is 1. The van der Waals surface area contributed by atoms with E-state index in [1.807, 2.05) is 0 Å². The van der Waals surface area contributed by atoms with Gasteiger partial charge in [-0.2, -0.15) is 0 Å². The van der Waals surface area contributed by atoms with Gasteiger partial charge in [0.15, 0.2) is 5.76 Å². The fourth-order valence-corrected chi connectivity index (χ4v) is 3.44. The summed E-state index contributed by atoms with van der Waals surface area (Å²) in [6.45, 7) is 2.98. The summed E-state index contributed by atoms with van der Waals surface area (Å²) >= 11 is 0. The summed E-state index contributed by atoms with van der Waals surface area (Å²) < 4.78 is 5.06. The topological polar surface area (TPSA) is 118 Å². The molecule has 4 N–H and O–H groups in total. The van der Waals surface area contributed by atoms with E-state index in [1.54, 1.807) is 36.4 Å². The van der Waals surface area contributed by atoms with Gasteiger partial charge in [0, 0.05) is 24.3 Å². The number of nitrogens with zero attached hydrogens (tertiary/aromatic N) is 1. The van der Waals surface area contributed by atoms with Crippen LogP contribution in [0.1, 0.15) is 40.2 Å². The van der Waals surface area contributed by atoms with Crippen LogP contribution in [0.15, 0.2) is 47.1 Å². The third kappa shape index (κ3) is 5.92. The Hall–Kier alpha value is -3.13. The fourth-order valence-electron chi connectivity index (χ4n) is 3.44. The average Bonchev–Trinajstić information content (AvgIpc) is 3.26. The first-order valence-corrected chi connectivity index (χ1v) is 9.77. The average molecular weight is 398 g/mol. The zero-order chi connectivity index (χ0) is 20.6. The Morgan fingerprint density at radius 2 is 2.03 bits per heavy atom. The standard InChI is InChI=1S/C21H26N4O4/c22-19(26)16-6-2-10-25(14-16)11-4-9-23-20(27)15-5-1-7-17(13-15)24-21(28)18-8-3-12-29-18/h1,3,5,7-8,12-13,16H,2,4,6,9-11,14H2,(H2,22,26)(H,23,27)(H,24,28). The quantitative estimate of drug-likeness (QED) is 0.587. The molecule has 1 saturated heterocycles. The van der Waals surface area contributed by atoms with Gasteiger partial charge in [0.1, 0.15) is 0 Å². The van der Waals surface area contributed by atoms with E-state index in [1.165, 1.54) is 6.26 Å². The van der Waals surface area contributed by atoms with Crippen LogP contribution in [0.4, 0.5) is 5.69 Å². The van der Waals surface area contributed by atoms with Gasteiger partial charge < -0.3 is 25.7 Å². The number of piperidine rings is 1. The van der Waals surface area contributed by atoms with Crippen LogP contribution in [0.25, 0.3) is 0 Å². The molecule has 3 amide bonds. The first-order valence-electron chi connectivity index (χ1n) is 9.77. The molecule has 1 atom stereocenters. The van der Waals surface area contributed by atoms with Gasteiger partial charge in [-0.05, 0) is 62.7 Å². The molecule has 1 unspecified atom stereocenters. The molecular weight excluding hydrogens is 372 g/mol. The van der Waals surface area contributed by atoms with Crippen molar-refractivity contribution < 1.29 is 18.8 Å². The molecule has 2 heterocycles. The normalized spacial score (nSPS) is 16.9. The molecule has 0 saturated carbocycles. The Morgan fingerprint density at radius 1 is 1.17 bits per heavy atom. The number of anilines is 1. The van der Waals surface area contributed by atoms with E-state index in [-0.39, 0.29) is 29.4 Å². The fraction of sp³-hybridized carbons (Fsp3) is 0.381. The molecule has 1 fully saturated rings. The van der Waals surface area contributed by atoms with Crippen LogP contribution < -0.4 is 16.4 Å². The largest absolute Gasteiger partial charge is 0.459 e. The second-order valence-electron chi connectivity index (χ2n) is 7.16. The number of primary amides is 1.